The van der Waals surface area contributed by atoms with Crippen LogP contribution >= 0.6 is 0 Å². The van der Waals surface area contributed by atoms with E-state index in [2.05, 4.69) is 70.8 Å². The van der Waals surface area contributed by atoms with Crippen molar-refractivity contribution < 1.29 is 4.74 Å². The van der Waals surface area contributed by atoms with E-state index in [1.165, 1.54) is 11.1 Å². The topological polar surface area (TPSA) is 63.7 Å². The summed E-state index contributed by atoms with van der Waals surface area (Å²) in [6.45, 7) is 4.67. The first kappa shape index (κ1) is 20.2. The minimum Gasteiger partial charge on any atom is -0.489 e. The van der Waals surface area contributed by atoms with E-state index in [4.69, 9.17) is 4.74 Å². The summed E-state index contributed by atoms with van der Waals surface area (Å²) in [5.41, 5.74) is 8.88. The van der Waals surface area contributed by atoms with Crippen molar-refractivity contribution in [3.63, 3.8) is 0 Å². The summed E-state index contributed by atoms with van der Waals surface area (Å²) in [6.07, 6.45) is 3.77. The molecule has 5 aromatic rings. The summed E-state index contributed by atoms with van der Waals surface area (Å²) in [5.74, 6) is 0.795. The number of rotatable bonds is 1. The third kappa shape index (κ3) is 3.32. The van der Waals surface area contributed by atoms with Crippen LogP contribution in [0.4, 0.5) is 0 Å². The van der Waals surface area contributed by atoms with Gasteiger partial charge in [0.1, 0.15) is 24.1 Å². The summed E-state index contributed by atoms with van der Waals surface area (Å²) in [7, 11) is 0. The van der Waals surface area contributed by atoms with E-state index >= 15 is 0 Å². The Labute approximate surface area is 197 Å². The van der Waals surface area contributed by atoms with Gasteiger partial charge in [-0.05, 0) is 83.6 Å². The Morgan fingerprint density at radius 1 is 1.00 bits per heavy atom. The quantitative estimate of drug-likeness (QED) is 0.314. The SMILES string of the molecule is Cc1ccc2cc1COc1cccc(c1)-c1cc(C#N)nc3ccc(cc13)C2n1cncc1C. The van der Waals surface area contributed by atoms with Gasteiger partial charge in [-0.2, -0.15) is 5.26 Å². The van der Waals surface area contributed by atoms with Crippen molar-refractivity contribution in [3.8, 4) is 22.9 Å². The van der Waals surface area contributed by atoms with Crippen LogP contribution in [0.15, 0.2) is 79.3 Å². The zero-order valence-electron chi connectivity index (χ0n) is 19.0. The van der Waals surface area contributed by atoms with Crippen molar-refractivity contribution in [2.24, 2.45) is 0 Å². The van der Waals surface area contributed by atoms with E-state index in [0.29, 0.717) is 12.3 Å². The number of aryl methyl sites for hydroxylation is 2. The summed E-state index contributed by atoms with van der Waals surface area (Å²) in [6, 6.07) is 25.0. The number of aromatic nitrogens is 3. The van der Waals surface area contributed by atoms with E-state index in [-0.39, 0.29) is 6.04 Å². The molecule has 164 valence electrons. The molecule has 0 amide bonds. The Morgan fingerprint density at radius 3 is 2.68 bits per heavy atom. The molecule has 0 saturated heterocycles. The van der Waals surface area contributed by atoms with Crippen molar-refractivity contribution in [3.05, 3.63) is 113 Å². The lowest BCUT2D eigenvalue weighted by molar-refractivity contribution is 0.305. The predicted molar refractivity (Wildman–Crippen MR) is 132 cm³/mol. The first-order valence-corrected chi connectivity index (χ1v) is 11.3. The second kappa shape index (κ2) is 7.86. The van der Waals surface area contributed by atoms with E-state index in [1.54, 1.807) is 0 Å². The number of nitriles is 1. The van der Waals surface area contributed by atoms with E-state index in [1.807, 2.05) is 42.9 Å². The van der Waals surface area contributed by atoms with Crippen LogP contribution < -0.4 is 4.74 Å². The summed E-state index contributed by atoms with van der Waals surface area (Å²) < 4.78 is 8.44. The second-order valence-corrected chi connectivity index (χ2v) is 8.79. The Morgan fingerprint density at radius 2 is 1.85 bits per heavy atom. The highest BCUT2D eigenvalue weighted by Gasteiger charge is 2.21. The van der Waals surface area contributed by atoms with Gasteiger partial charge in [0.15, 0.2) is 0 Å². The standard InChI is InChI=1S/C29H22N4O/c1-18-6-7-21-10-23(18)16-34-25-5-3-4-20(11-25)26-13-24(14-30)32-28-9-8-22(12-27(26)28)29(21)33-17-31-15-19(33)2/h3-13,15,17,29H,16H2,1-2H3. The highest BCUT2D eigenvalue weighted by molar-refractivity contribution is 5.95. The van der Waals surface area contributed by atoms with Gasteiger partial charge < -0.3 is 9.30 Å². The van der Waals surface area contributed by atoms with Crippen LogP contribution in [-0.4, -0.2) is 14.5 Å². The number of hydrogen-bond acceptors (Lipinski definition) is 4. The minimum absolute atomic E-state index is 0.0568. The van der Waals surface area contributed by atoms with Crippen molar-refractivity contribution >= 4 is 10.9 Å². The number of hydrogen-bond donors (Lipinski definition) is 0. The lowest BCUT2D eigenvalue weighted by Gasteiger charge is -2.23. The van der Waals surface area contributed by atoms with E-state index < -0.39 is 0 Å². The summed E-state index contributed by atoms with van der Waals surface area (Å²) >= 11 is 0. The molecule has 0 saturated carbocycles. The first-order valence-electron chi connectivity index (χ1n) is 11.3. The molecule has 5 heteroatoms. The molecule has 0 spiro atoms. The zero-order chi connectivity index (χ0) is 23.2. The van der Waals surface area contributed by atoms with Gasteiger partial charge in [0.2, 0.25) is 0 Å². The van der Waals surface area contributed by atoms with Gasteiger partial charge in [-0.3, -0.25) is 0 Å². The molecule has 0 fully saturated rings. The molecule has 0 radical (unpaired) electrons. The predicted octanol–water partition coefficient (Wildman–Crippen LogP) is 6.12. The lowest BCUT2D eigenvalue weighted by atomic mass is 9.92. The van der Waals surface area contributed by atoms with Gasteiger partial charge >= 0.3 is 0 Å². The Kier molecular flexibility index (Phi) is 4.67. The Bertz CT molecular complexity index is 1610. The van der Waals surface area contributed by atoms with Crippen molar-refractivity contribution in [2.75, 3.05) is 0 Å². The van der Waals surface area contributed by atoms with Gasteiger partial charge in [0.25, 0.3) is 0 Å². The largest absolute Gasteiger partial charge is 0.489 e. The molecule has 3 heterocycles. The second-order valence-electron chi connectivity index (χ2n) is 8.79. The van der Waals surface area contributed by atoms with Gasteiger partial charge in [0.05, 0.1) is 17.9 Å². The van der Waals surface area contributed by atoms with Gasteiger partial charge in [-0.1, -0.05) is 30.3 Å². The third-order valence-corrected chi connectivity index (χ3v) is 6.63. The maximum Gasteiger partial charge on any atom is 0.141 e. The van der Waals surface area contributed by atoms with E-state index in [0.717, 1.165) is 44.6 Å². The fraction of sp³-hybridized carbons (Fsp3) is 0.138. The molecule has 1 unspecified atom stereocenters. The molecule has 5 nitrogen and oxygen atoms in total. The van der Waals surface area contributed by atoms with Crippen molar-refractivity contribution in [2.45, 2.75) is 26.5 Å². The number of nitrogens with zero attached hydrogens (tertiary/aromatic N) is 4. The van der Waals surface area contributed by atoms with Crippen molar-refractivity contribution in [1.29, 1.82) is 5.26 Å². The molecule has 2 aromatic heterocycles. The molecule has 6 bridgehead atoms. The first-order chi connectivity index (χ1) is 16.6. The summed E-state index contributed by atoms with van der Waals surface area (Å²) in [4.78, 5) is 8.99. The van der Waals surface area contributed by atoms with Crippen LogP contribution in [0, 0.1) is 25.2 Å². The number of imidazole rings is 1. The van der Waals surface area contributed by atoms with Gasteiger partial charge in [-0.25, -0.2) is 9.97 Å². The van der Waals surface area contributed by atoms with Crippen LogP contribution in [0.2, 0.25) is 0 Å². The molecule has 1 aliphatic heterocycles. The van der Waals surface area contributed by atoms with Crippen LogP contribution in [0.5, 0.6) is 5.75 Å². The molecular weight excluding hydrogens is 420 g/mol. The van der Waals surface area contributed by atoms with Crippen LogP contribution in [0.1, 0.15) is 39.7 Å². The maximum atomic E-state index is 9.61. The van der Waals surface area contributed by atoms with Gasteiger partial charge in [-0.15, -0.1) is 0 Å². The molecule has 6 rings (SSSR count). The number of fused-ring (bicyclic) bond motifs is 6. The highest BCUT2D eigenvalue weighted by Crippen LogP contribution is 2.36. The third-order valence-electron chi connectivity index (χ3n) is 6.63. The average Bonchev–Trinajstić information content (AvgIpc) is 3.28. The fourth-order valence-corrected chi connectivity index (χ4v) is 4.80. The van der Waals surface area contributed by atoms with E-state index in [9.17, 15) is 5.26 Å². The number of benzene rings is 3. The fourth-order valence-electron chi connectivity index (χ4n) is 4.80. The highest BCUT2D eigenvalue weighted by atomic mass is 16.5. The Balaban J connectivity index is 1.70. The molecular formula is C29H22N4O. The maximum absolute atomic E-state index is 9.61. The molecule has 1 aliphatic rings. The van der Waals surface area contributed by atoms with Crippen molar-refractivity contribution in [1.82, 2.24) is 14.5 Å². The zero-order valence-corrected chi connectivity index (χ0v) is 19.0. The van der Waals surface area contributed by atoms with Gasteiger partial charge in [0, 0.05) is 17.3 Å². The van der Waals surface area contributed by atoms with Crippen LogP contribution in [0.3, 0.4) is 0 Å². The smallest absolute Gasteiger partial charge is 0.141 e. The number of pyridine rings is 1. The monoisotopic (exact) mass is 442 g/mol. The minimum atomic E-state index is -0.0568. The number of ether oxygens (including phenoxy) is 1. The average molecular weight is 443 g/mol. The lowest BCUT2D eigenvalue weighted by Crippen LogP contribution is -2.14. The molecule has 34 heavy (non-hydrogen) atoms. The molecule has 0 aliphatic carbocycles. The molecule has 1 atom stereocenters. The molecule has 0 N–H and O–H groups in total. The Hall–Kier alpha value is -4.43. The van der Waals surface area contributed by atoms with Crippen LogP contribution in [-0.2, 0) is 6.61 Å². The summed E-state index contributed by atoms with van der Waals surface area (Å²) in [5, 5.41) is 10.6. The molecule has 3 aromatic carbocycles. The van der Waals surface area contributed by atoms with Crippen LogP contribution in [0.25, 0.3) is 22.0 Å². The normalized spacial score (nSPS) is 14.6.